The van der Waals surface area contributed by atoms with Crippen molar-refractivity contribution in [2.45, 2.75) is 26.8 Å². The van der Waals surface area contributed by atoms with Crippen LogP contribution >= 0.6 is 0 Å². The van der Waals surface area contributed by atoms with Crippen LogP contribution in [0, 0.1) is 0 Å². The number of rotatable bonds is 6. The first-order chi connectivity index (χ1) is 8.62. The predicted molar refractivity (Wildman–Crippen MR) is 71.8 cm³/mol. The SMILES string of the molecule is CCN(CC)c1ccc(C(=O)NC(C)CO)cn1. The highest BCUT2D eigenvalue weighted by molar-refractivity contribution is 5.94. The predicted octanol–water partition coefficient (Wildman–Crippen LogP) is 1.04. The molecule has 0 spiro atoms. The second kappa shape index (κ2) is 6.96. The molecule has 18 heavy (non-hydrogen) atoms. The topological polar surface area (TPSA) is 65.5 Å². The van der Waals surface area contributed by atoms with Crippen LogP contribution in [0.3, 0.4) is 0 Å². The van der Waals surface area contributed by atoms with Gasteiger partial charge in [-0.05, 0) is 32.9 Å². The van der Waals surface area contributed by atoms with Crippen molar-refractivity contribution in [3.05, 3.63) is 23.9 Å². The van der Waals surface area contributed by atoms with Gasteiger partial charge in [-0.25, -0.2) is 4.98 Å². The van der Waals surface area contributed by atoms with Crippen LogP contribution in [-0.2, 0) is 0 Å². The largest absolute Gasteiger partial charge is 0.394 e. The number of nitrogens with zero attached hydrogens (tertiary/aromatic N) is 2. The van der Waals surface area contributed by atoms with Gasteiger partial charge in [0.1, 0.15) is 5.82 Å². The molecule has 0 aliphatic rings. The molecule has 0 aliphatic heterocycles. The molecule has 1 aromatic heterocycles. The van der Waals surface area contributed by atoms with E-state index < -0.39 is 0 Å². The van der Waals surface area contributed by atoms with Crippen molar-refractivity contribution >= 4 is 11.7 Å². The lowest BCUT2D eigenvalue weighted by molar-refractivity contribution is 0.0922. The second-order valence-electron chi connectivity index (χ2n) is 4.13. The first-order valence-corrected chi connectivity index (χ1v) is 6.25. The van der Waals surface area contributed by atoms with Crippen molar-refractivity contribution < 1.29 is 9.90 Å². The van der Waals surface area contributed by atoms with Crippen molar-refractivity contribution in [1.82, 2.24) is 10.3 Å². The molecule has 0 saturated heterocycles. The zero-order valence-electron chi connectivity index (χ0n) is 11.2. The highest BCUT2D eigenvalue weighted by Crippen LogP contribution is 2.10. The number of nitrogens with one attached hydrogen (secondary N) is 1. The molecule has 0 saturated carbocycles. The van der Waals surface area contributed by atoms with E-state index >= 15 is 0 Å². The smallest absolute Gasteiger partial charge is 0.253 e. The summed E-state index contributed by atoms with van der Waals surface area (Å²) < 4.78 is 0. The van der Waals surface area contributed by atoms with E-state index in [2.05, 4.69) is 29.0 Å². The highest BCUT2D eigenvalue weighted by Gasteiger charge is 2.10. The molecule has 0 aliphatic carbocycles. The van der Waals surface area contributed by atoms with E-state index in [1.165, 1.54) is 0 Å². The molecule has 0 radical (unpaired) electrons. The van der Waals surface area contributed by atoms with Gasteiger partial charge in [0.2, 0.25) is 0 Å². The molecular weight excluding hydrogens is 230 g/mol. The van der Waals surface area contributed by atoms with Crippen molar-refractivity contribution in [3.8, 4) is 0 Å². The van der Waals surface area contributed by atoms with Crippen molar-refractivity contribution in [3.63, 3.8) is 0 Å². The number of aliphatic hydroxyl groups is 1. The van der Waals surface area contributed by atoms with E-state index in [-0.39, 0.29) is 18.6 Å². The fraction of sp³-hybridized carbons (Fsp3) is 0.538. The summed E-state index contributed by atoms with van der Waals surface area (Å²) in [6.07, 6.45) is 1.56. The highest BCUT2D eigenvalue weighted by atomic mass is 16.3. The van der Waals surface area contributed by atoms with Gasteiger partial charge in [0, 0.05) is 25.3 Å². The minimum absolute atomic E-state index is 0.0727. The Morgan fingerprint density at radius 3 is 2.56 bits per heavy atom. The normalized spacial score (nSPS) is 12.0. The van der Waals surface area contributed by atoms with Crippen LogP contribution in [0.5, 0.6) is 0 Å². The molecule has 1 unspecified atom stereocenters. The van der Waals surface area contributed by atoms with Gasteiger partial charge in [-0.2, -0.15) is 0 Å². The molecule has 0 bridgehead atoms. The van der Waals surface area contributed by atoms with Crippen LogP contribution in [0.1, 0.15) is 31.1 Å². The van der Waals surface area contributed by atoms with Gasteiger partial charge in [-0.15, -0.1) is 0 Å². The Kier molecular flexibility index (Phi) is 5.58. The maximum absolute atomic E-state index is 11.8. The Morgan fingerprint density at radius 2 is 2.11 bits per heavy atom. The van der Waals surface area contributed by atoms with Crippen LogP contribution in [0.15, 0.2) is 18.3 Å². The van der Waals surface area contributed by atoms with Crippen LogP contribution < -0.4 is 10.2 Å². The third-order valence-electron chi connectivity index (χ3n) is 2.75. The van der Waals surface area contributed by atoms with Gasteiger partial charge in [-0.1, -0.05) is 0 Å². The molecule has 2 N–H and O–H groups in total. The monoisotopic (exact) mass is 251 g/mol. The van der Waals surface area contributed by atoms with E-state index in [1.807, 2.05) is 6.07 Å². The summed E-state index contributed by atoms with van der Waals surface area (Å²) in [7, 11) is 0. The lowest BCUT2D eigenvalue weighted by atomic mass is 10.2. The van der Waals surface area contributed by atoms with Crippen molar-refractivity contribution in [2.75, 3.05) is 24.6 Å². The molecule has 5 nitrogen and oxygen atoms in total. The molecule has 0 fully saturated rings. The van der Waals surface area contributed by atoms with Gasteiger partial charge in [-0.3, -0.25) is 4.79 Å². The van der Waals surface area contributed by atoms with Gasteiger partial charge in [0.15, 0.2) is 0 Å². The summed E-state index contributed by atoms with van der Waals surface area (Å²) in [6, 6.07) is 3.34. The molecule has 100 valence electrons. The fourth-order valence-electron chi connectivity index (χ4n) is 1.61. The van der Waals surface area contributed by atoms with Gasteiger partial charge >= 0.3 is 0 Å². The number of anilines is 1. The number of aromatic nitrogens is 1. The Hall–Kier alpha value is -1.62. The number of hydrogen-bond donors (Lipinski definition) is 2. The van der Waals surface area contributed by atoms with Crippen LogP contribution in [0.4, 0.5) is 5.82 Å². The average Bonchev–Trinajstić information content (AvgIpc) is 2.40. The van der Waals surface area contributed by atoms with Crippen LogP contribution in [0.2, 0.25) is 0 Å². The fourth-order valence-corrected chi connectivity index (χ4v) is 1.61. The first-order valence-electron chi connectivity index (χ1n) is 6.25. The molecule has 1 rings (SSSR count). The van der Waals surface area contributed by atoms with Gasteiger partial charge in [0.05, 0.1) is 12.2 Å². The Bertz CT molecular complexity index is 374. The molecule has 1 heterocycles. The molecule has 1 aromatic rings. The number of pyridine rings is 1. The molecule has 0 aromatic carbocycles. The summed E-state index contributed by atoms with van der Waals surface area (Å²) in [5.74, 6) is 0.655. The van der Waals surface area contributed by atoms with E-state index in [9.17, 15) is 4.79 Å². The minimum Gasteiger partial charge on any atom is -0.394 e. The first kappa shape index (κ1) is 14.4. The Balaban J connectivity index is 2.73. The maximum Gasteiger partial charge on any atom is 0.253 e. The number of hydrogen-bond acceptors (Lipinski definition) is 4. The van der Waals surface area contributed by atoms with Gasteiger partial charge < -0.3 is 15.3 Å². The van der Waals surface area contributed by atoms with Crippen LogP contribution in [-0.4, -0.2) is 41.7 Å². The number of amides is 1. The lowest BCUT2D eigenvalue weighted by Crippen LogP contribution is -2.35. The van der Waals surface area contributed by atoms with Crippen molar-refractivity contribution in [2.24, 2.45) is 0 Å². The summed E-state index contributed by atoms with van der Waals surface area (Å²) in [6.45, 7) is 7.57. The molecule has 5 heteroatoms. The van der Waals surface area contributed by atoms with Crippen LogP contribution in [0.25, 0.3) is 0 Å². The Labute approximate surface area is 108 Å². The quantitative estimate of drug-likeness (QED) is 0.793. The number of carbonyl (C=O) groups excluding carboxylic acids is 1. The minimum atomic E-state index is -0.250. The average molecular weight is 251 g/mol. The zero-order valence-corrected chi connectivity index (χ0v) is 11.2. The summed E-state index contributed by atoms with van der Waals surface area (Å²) >= 11 is 0. The van der Waals surface area contributed by atoms with E-state index in [4.69, 9.17) is 5.11 Å². The standard InChI is InChI=1S/C13H21N3O2/c1-4-16(5-2)12-7-6-11(8-14-12)13(18)15-10(3)9-17/h6-8,10,17H,4-5,9H2,1-3H3,(H,15,18). The summed E-state index contributed by atoms with van der Waals surface area (Å²) in [4.78, 5) is 18.1. The Morgan fingerprint density at radius 1 is 1.44 bits per heavy atom. The van der Waals surface area contributed by atoms with E-state index in [0.29, 0.717) is 5.56 Å². The third kappa shape index (κ3) is 3.70. The second-order valence-corrected chi connectivity index (χ2v) is 4.13. The van der Waals surface area contributed by atoms with E-state index in [0.717, 1.165) is 18.9 Å². The molecule has 1 atom stereocenters. The zero-order chi connectivity index (χ0) is 13.5. The third-order valence-corrected chi connectivity index (χ3v) is 2.75. The van der Waals surface area contributed by atoms with Crippen molar-refractivity contribution in [1.29, 1.82) is 0 Å². The lowest BCUT2D eigenvalue weighted by Gasteiger charge is -2.19. The molecule has 1 amide bonds. The molecular formula is C13H21N3O2. The summed E-state index contributed by atoms with van der Waals surface area (Å²) in [5.41, 5.74) is 0.506. The number of carbonyl (C=O) groups is 1. The van der Waals surface area contributed by atoms with Gasteiger partial charge in [0.25, 0.3) is 5.91 Å². The maximum atomic E-state index is 11.8. The number of aliphatic hydroxyl groups excluding tert-OH is 1. The van der Waals surface area contributed by atoms with E-state index in [1.54, 1.807) is 19.2 Å². The summed E-state index contributed by atoms with van der Waals surface area (Å²) in [5, 5.41) is 11.6.